The number of carbonyl (C=O) groups is 1. The smallest absolute Gasteiger partial charge is 0.254 e. The van der Waals surface area contributed by atoms with Gasteiger partial charge in [0, 0.05) is 18.7 Å². The molecule has 1 aliphatic rings. The van der Waals surface area contributed by atoms with E-state index in [1.165, 1.54) is 0 Å². The lowest BCUT2D eigenvalue weighted by molar-refractivity contribution is 0.0763. The quantitative estimate of drug-likeness (QED) is 0.895. The van der Waals surface area contributed by atoms with Crippen molar-refractivity contribution < 1.29 is 14.6 Å². The molecule has 0 bridgehead atoms. The first-order valence-corrected chi connectivity index (χ1v) is 7.75. The summed E-state index contributed by atoms with van der Waals surface area (Å²) in [5.74, 6) is 1.09. The number of likely N-dealkylation sites (N-methyl/N-ethyl adjacent to an activating group) is 1. The summed E-state index contributed by atoms with van der Waals surface area (Å²) in [4.78, 5) is 16.3. The summed E-state index contributed by atoms with van der Waals surface area (Å²) in [7, 11) is 3.84. The van der Waals surface area contributed by atoms with Gasteiger partial charge in [-0.05, 0) is 38.2 Å². The van der Waals surface area contributed by atoms with Gasteiger partial charge < -0.3 is 19.6 Å². The summed E-state index contributed by atoms with van der Waals surface area (Å²) in [6.07, 6.45) is -0.501. The zero-order valence-electron chi connectivity index (χ0n) is 13.8. The highest BCUT2D eigenvalue weighted by molar-refractivity contribution is 5.94. The fraction of sp³-hybridized carbons (Fsp3) is 0.588. The molecule has 1 fully saturated rings. The highest BCUT2D eigenvalue weighted by atomic mass is 16.5. The number of aliphatic hydroxyl groups excluding tert-OH is 1. The number of amides is 1. The van der Waals surface area contributed by atoms with Crippen molar-refractivity contribution in [3.63, 3.8) is 0 Å². The normalized spacial score (nSPS) is 21.7. The number of hydrogen-bond donors (Lipinski definition) is 1. The number of hydrogen-bond acceptors (Lipinski definition) is 4. The summed E-state index contributed by atoms with van der Waals surface area (Å²) in [6, 6.07) is 7.25. The van der Waals surface area contributed by atoms with E-state index in [1.807, 2.05) is 31.1 Å². The minimum atomic E-state index is -0.501. The molecule has 2 rings (SSSR count). The van der Waals surface area contributed by atoms with Crippen molar-refractivity contribution in [1.82, 2.24) is 9.80 Å². The number of benzene rings is 1. The van der Waals surface area contributed by atoms with E-state index < -0.39 is 6.10 Å². The third kappa shape index (κ3) is 3.99. The Morgan fingerprint density at radius 3 is 2.73 bits per heavy atom. The van der Waals surface area contributed by atoms with Crippen molar-refractivity contribution in [2.75, 3.05) is 33.8 Å². The lowest BCUT2D eigenvalue weighted by Gasteiger charge is -2.21. The molecule has 1 saturated heterocycles. The van der Waals surface area contributed by atoms with E-state index in [2.05, 4.69) is 13.8 Å². The molecule has 1 aromatic rings. The largest absolute Gasteiger partial charge is 0.493 e. The zero-order chi connectivity index (χ0) is 16.3. The Bertz CT molecular complexity index is 516. The van der Waals surface area contributed by atoms with Gasteiger partial charge >= 0.3 is 0 Å². The average molecular weight is 306 g/mol. The van der Waals surface area contributed by atoms with Gasteiger partial charge in [0.15, 0.2) is 0 Å². The lowest BCUT2D eigenvalue weighted by Crippen LogP contribution is -2.38. The first kappa shape index (κ1) is 16.8. The van der Waals surface area contributed by atoms with E-state index in [4.69, 9.17) is 4.74 Å². The van der Waals surface area contributed by atoms with Crippen LogP contribution in [0.25, 0.3) is 0 Å². The molecule has 0 spiro atoms. The predicted octanol–water partition coefficient (Wildman–Crippen LogP) is 1.47. The predicted molar refractivity (Wildman–Crippen MR) is 86.2 cm³/mol. The van der Waals surface area contributed by atoms with Gasteiger partial charge in [0.05, 0.1) is 18.8 Å². The van der Waals surface area contributed by atoms with Gasteiger partial charge in [-0.1, -0.05) is 19.9 Å². The van der Waals surface area contributed by atoms with Crippen LogP contribution < -0.4 is 4.74 Å². The van der Waals surface area contributed by atoms with Gasteiger partial charge in [-0.3, -0.25) is 4.79 Å². The zero-order valence-corrected chi connectivity index (χ0v) is 13.8. The van der Waals surface area contributed by atoms with Crippen molar-refractivity contribution in [2.45, 2.75) is 26.0 Å². The van der Waals surface area contributed by atoms with Gasteiger partial charge in [0.25, 0.3) is 5.91 Å². The topological polar surface area (TPSA) is 53.0 Å². The molecule has 1 aliphatic heterocycles. The Hall–Kier alpha value is -1.59. The number of aliphatic hydroxyl groups is 1. The van der Waals surface area contributed by atoms with Crippen LogP contribution in [-0.4, -0.2) is 66.8 Å². The van der Waals surface area contributed by atoms with Gasteiger partial charge in [-0.15, -0.1) is 0 Å². The number of likely N-dealkylation sites (tertiary alicyclic amines) is 1. The van der Waals surface area contributed by atoms with Crippen LogP contribution in [0.15, 0.2) is 24.3 Å². The van der Waals surface area contributed by atoms with Gasteiger partial charge in [-0.2, -0.15) is 0 Å². The molecule has 1 aromatic carbocycles. The Labute approximate surface area is 132 Å². The molecule has 5 nitrogen and oxygen atoms in total. The molecule has 0 aliphatic carbocycles. The highest BCUT2D eigenvalue weighted by Gasteiger charge is 2.35. The molecule has 0 radical (unpaired) electrons. The number of ether oxygens (including phenoxy) is 1. The van der Waals surface area contributed by atoms with Crippen LogP contribution in [0.2, 0.25) is 0 Å². The highest BCUT2D eigenvalue weighted by Crippen LogP contribution is 2.20. The van der Waals surface area contributed by atoms with Crippen LogP contribution in [-0.2, 0) is 0 Å². The molecule has 2 atom stereocenters. The molecule has 0 unspecified atom stereocenters. The first-order chi connectivity index (χ1) is 10.4. The number of carbonyl (C=O) groups excluding carboxylic acids is 1. The second kappa shape index (κ2) is 7.11. The van der Waals surface area contributed by atoms with E-state index in [0.717, 1.165) is 0 Å². The fourth-order valence-electron chi connectivity index (χ4n) is 2.61. The van der Waals surface area contributed by atoms with Crippen LogP contribution in [0.3, 0.4) is 0 Å². The van der Waals surface area contributed by atoms with Crippen molar-refractivity contribution in [1.29, 1.82) is 0 Å². The third-order valence-corrected chi connectivity index (χ3v) is 3.87. The summed E-state index contributed by atoms with van der Waals surface area (Å²) in [5.41, 5.74) is 0.605. The average Bonchev–Trinajstić information content (AvgIpc) is 2.87. The summed E-state index contributed by atoms with van der Waals surface area (Å²) >= 11 is 0. The molecule has 1 amide bonds. The second-order valence-electron chi connectivity index (χ2n) is 6.54. The van der Waals surface area contributed by atoms with E-state index in [9.17, 15) is 9.90 Å². The van der Waals surface area contributed by atoms with Crippen LogP contribution in [0, 0.1) is 5.92 Å². The maximum absolute atomic E-state index is 12.6. The minimum Gasteiger partial charge on any atom is -0.493 e. The van der Waals surface area contributed by atoms with Crippen LogP contribution in [0.1, 0.15) is 24.2 Å². The molecular weight excluding hydrogens is 280 g/mol. The van der Waals surface area contributed by atoms with Crippen molar-refractivity contribution in [2.24, 2.45) is 5.92 Å². The van der Waals surface area contributed by atoms with Crippen LogP contribution >= 0.6 is 0 Å². The molecule has 0 saturated carbocycles. The molecule has 1 heterocycles. The van der Waals surface area contributed by atoms with Gasteiger partial charge in [-0.25, -0.2) is 0 Å². The summed E-state index contributed by atoms with van der Waals surface area (Å²) < 4.78 is 5.67. The molecule has 5 heteroatoms. The van der Waals surface area contributed by atoms with Gasteiger partial charge in [0.2, 0.25) is 0 Å². The monoisotopic (exact) mass is 306 g/mol. The van der Waals surface area contributed by atoms with E-state index in [1.54, 1.807) is 17.0 Å². The molecule has 22 heavy (non-hydrogen) atoms. The number of β-amino-alcohol motifs (C(OH)–C–C–N with tert-alkyl or cyclic N) is 1. The second-order valence-corrected chi connectivity index (χ2v) is 6.54. The van der Waals surface area contributed by atoms with Crippen molar-refractivity contribution in [3.05, 3.63) is 29.8 Å². The SMILES string of the molecule is CC(C)COc1cccc(C(=O)N2C[C@H](O)[C@@H](N(C)C)C2)c1. The fourth-order valence-corrected chi connectivity index (χ4v) is 2.61. The van der Waals surface area contributed by atoms with Crippen molar-refractivity contribution in [3.8, 4) is 5.75 Å². The number of rotatable bonds is 5. The van der Waals surface area contributed by atoms with Gasteiger partial charge in [0.1, 0.15) is 5.75 Å². The Morgan fingerprint density at radius 2 is 2.14 bits per heavy atom. The first-order valence-electron chi connectivity index (χ1n) is 7.75. The molecule has 0 aromatic heterocycles. The maximum atomic E-state index is 12.6. The van der Waals surface area contributed by atoms with Crippen LogP contribution in [0.4, 0.5) is 0 Å². The lowest BCUT2D eigenvalue weighted by atomic mass is 10.2. The Balaban J connectivity index is 2.05. The maximum Gasteiger partial charge on any atom is 0.254 e. The molecule has 122 valence electrons. The van der Waals surface area contributed by atoms with Crippen LogP contribution in [0.5, 0.6) is 5.75 Å². The standard InChI is InChI=1S/C17H26N2O3/c1-12(2)11-22-14-7-5-6-13(8-14)17(21)19-9-15(18(3)4)16(20)10-19/h5-8,12,15-16,20H,9-11H2,1-4H3/t15-,16-/m0/s1. The van der Waals surface area contributed by atoms with E-state index >= 15 is 0 Å². The Kier molecular flexibility index (Phi) is 5.42. The van der Waals surface area contributed by atoms with E-state index in [0.29, 0.717) is 36.9 Å². The minimum absolute atomic E-state index is 0.00989. The summed E-state index contributed by atoms with van der Waals surface area (Å²) in [5, 5.41) is 10.1. The number of nitrogens with zero attached hydrogens (tertiary/aromatic N) is 2. The summed E-state index contributed by atoms with van der Waals surface area (Å²) in [6.45, 7) is 5.72. The Morgan fingerprint density at radius 1 is 1.41 bits per heavy atom. The molecule has 1 N–H and O–H groups in total. The molecular formula is C17H26N2O3. The van der Waals surface area contributed by atoms with E-state index in [-0.39, 0.29) is 11.9 Å². The third-order valence-electron chi connectivity index (χ3n) is 3.87. The van der Waals surface area contributed by atoms with Crippen molar-refractivity contribution >= 4 is 5.91 Å².